The molecular weight excluding hydrogens is 321 g/mol. The second-order valence-corrected chi connectivity index (χ2v) is 4.48. The summed E-state index contributed by atoms with van der Waals surface area (Å²) in [6.45, 7) is 0. The predicted molar refractivity (Wildman–Crippen MR) is 68.5 cm³/mol. The molecule has 0 aromatic heterocycles. The summed E-state index contributed by atoms with van der Waals surface area (Å²) in [6.07, 6.45) is 0. The molecule has 0 heterocycles. The van der Waals surface area contributed by atoms with Crippen molar-refractivity contribution in [1.29, 1.82) is 5.26 Å². The van der Waals surface area contributed by atoms with Gasteiger partial charge in [0.25, 0.3) is 0 Å². The van der Waals surface area contributed by atoms with Gasteiger partial charge in [0.1, 0.15) is 6.07 Å². The largest absolute Gasteiger partial charge is 0.352 e. The van der Waals surface area contributed by atoms with Crippen molar-refractivity contribution >= 4 is 27.3 Å². The zero-order chi connectivity index (χ0) is 14.0. The average Bonchev–Trinajstić information content (AvgIpc) is 2.40. The lowest BCUT2D eigenvalue weighted by Crippen LogP contribution is -2.00. The van der Waals surface area contributed by atoms with E-state index in [9.17, 15) is 13.2 Å². The first-order chi connectivity index (χ1) is 9.04. The summed E-state index contributed by atoms with van der Waals surface area (Å²) in [5.74, 6) is -4.15. The van der Waals surface area contributed by atoms with Crippen LogP contribution in [0.25, 0.3) is 0 Å². The molecule has 0 amide bonds. The maximum absolute atomic E-state index is 13.5. The van der Waals surface area contributed by atoms with Gasteiger partial charge < -0.3 is 5.32 Å². The maximum Gasteiger partial charge on any atom is 0.196 e. The van der Waals surface area contributed by atoms with Gasteiger partial charge in [-0.15, -0.1) is 0 Å². The van der Waals surface area contributed by atoms with Crippen molar-refractivity contribution in [3.63, 3.8) is 0 Å². The third-order valence-corrected chi connectivity index (χ3v) is 3.09. The number of halogens is 4. The minimum atomic E-state index is -1.56. The molecule has 0 saturated heterocycles. The Bertz CT molecular complexity index is 680. The zero-order valence-corrected chi connectivity index (χ0v) is 10.9. The molecule has 0 aliphatic rings. The molecule has 1 N–H and O–H groups in total. The Kier molecular flexibility index (Phi) is 3.76. The molecule has 6 heteroatoms. The highest BCUT2D eigenvalue weighted by Crippen LogP contribution is 2.29. The van der Waals surface area contributed by atoms with E-state index in [0.29, 0.717) is 10.2 Å². The summed E-state index contributed by atoms with van der Waals surface area (Å²) in [5.41, 5.74) is 0.293. The van der Waals surface area contributed by atoms with Gasteiger partial charge in [-0.1, -0.05) is 6.07 Å². The lowest BCUT2D eigenvalue weighted by atomic mass is 10.2. The van der Waals surface area contributed by atoms with Crippen molar-refractivity contribution in [3.8, 4) is 6.07 Å². The summed E-state index contributed by atoms with van der Waals surface area (Å²) in [7, 11) is 0. The van der Waals surface area contributed by atoms with Crippen molar-refractivity contribution in [2.24, 2.45) is 0 Å². The Morgan fingerprint density at radius 3 is 2.42 bits per heavy atom. The van der Waals surface area contributed by atoms with Gasteiger partial charge in [-0.3, -0.25) is 0 Å². The van der Waals surface area contributed by atoms with Crippen LogP contribution in [0.5, 0.6) is 0 Å². The van der Waals surface area contributed by atoms with Gasteiger partial charge in [-0.05, 0) is 40.2 Å². The van der Waals surface area contributed by atoms with E-state index in [4.69, 9.17) is 5.26 Å². The average molecular weight is 327 g/mol. The molecule has 2 aromatic rings. The van der Waals surface area contributed by atoms with Gasteiger partial charge in [0, 0.05) is 4.47 Å². The molecule has 19 heavy (non-hydrogen) atoms. The number of hydrogen-bond donors (Lipinski definition) is 1. The number of rotatable bonds is 2. The summed E-state index contributed by atoms with van der Waals surface area (Å²) in [5, 5.41) is 11.6. The third kappa shape index (κ3) is 2.56. The molecule has 0 fully saturated rings. The van der Waals surface area contributed by atoms with E-state index < -0.39 is 17.5 Å². The quantitative estimate of drug-likeness (QED) is 0.826. The van der Waals surface area contributed by atoms with Crippen LogP contribution in [-0.2, 0) is 0 Å². The van der Waals surface area contributed by atoms with Crippen LogP contribution in [0.1, 0.15) is 5.56 Å². The van der Waals surface area contributed by atoms with Crippen LogP contribution in [0.2, 0.25) is 0 Å². The normalized spacial score (nSPS) is 10.1. The highest BCUT2D eigenvalue weighted by atomic mass is 79.9. The number of nitriles is 1. The van der Waals surface area contributed by atoms with Crippen molar-refractivity contribution in [3.05, 3.63) is 57.8 Å². The first-order valence-corrected chi connectivity index (χ1v) is 5.93. The van der Waals surface area contributed by atoms with E-state index in [2.05, 4.69) is 21.2 Å². The fourth-order valence-corrected chi connectivity index (χ4v) is 1.96. The molecule has 0 unspecified atom stereocenters. The minimum absolute atomic E-state index is 0.242. The number of anilines is 2. The van der Waals surface area contributed by atoms with Crippen LogP contribution < -0.4 is 5.32 Å². The van der Waals surface area contributed by atoms with Gasteiger partial charge >= 0.3 is 0 Å². The molecule has 0 atom stereocenters. The van der Waals surface area contributed by atoms with Gasteiger partial charge in [-0.2, -0.15) is 5.26 Å². The first kappa shape index (κ1) is 13.4. The monoisotopic (exact) mass is 326 g/mol. The molecule has 2 aromatic carbocycles. The van der Waals surface area contributed by atoms with Crippen molar-refractivity contribution < 1.29 is 13.2 Å². The number of nitrogens with one attached hydrogen (secondary N) is 1. The van der Waals surface area contributed by atoms with Gasteiger partial charge in [0.05, 0.1) is 16.9 Å². The van der Waals surface area contributed by atoms with Gasteiger partial charge in [0.15, 0.2) is 17.5 Å². The molecule has 2 rings (SSSR count). The summed E-state index contributed by atoms with van der Waals surface area (Å²) in [4.78, 5) is 0. The standard InChI is InChI=1S/C13H6BrF3N2/c14-8-2-1-3-10(7(8)6-18)19-11-5-4-9(15)12(16)13(11)17/h1-5,19H. The van der Waals surface area contributed by atoms with Crippen LogP contribution in [0.4, 0.5) is 24.5 Å². The molecule has 0 spiro atoms. The van der Waals surface area contributed by atoms with Crippen molar-refractivity contribution in [2.45, 2.75) is 0 Å². The summed E-state index contributed by atoms with van der Waals surface area (Å²) < 4.78 is 39.9. The van der Waals surface area contributed by atoms with Crippen LogP contribution in [-0.4, -0.2) is 0 Å². The SMILES string of the molecule is N#Cc1c(Br)cccc1Nc1ccc(F)c(F)c1F. The lowest BCUT2D eigenvalue weighted by Gasteiger charge is -2.10. The second kappa shape index (κ2) is 5.33. The molecule has 0 radical (unpaired) electrons. The van der Waals surface area contributed by atoms with Gasteiger partial charge in [-0.25, -0.2) is 13.2 Å². The zero-order valence-electron chi connectivity index (χ0n) is 9.35. The highest BCUT2D eigenvalue weighted by Gasteiger charge is 2.15. The minimum Gasteiger partial charge on any atom is -0.352 e. The number of benzene rings is 2. The Morgan fingerprint density at radius 1 is 1.00 bits per heavy atom. The Balaban J connectivity index is 2.46. The van der Waals surface area contributed by atoms with Crippen molar-refractivity contribution in [1.82, 2.24) is 0 Å². The molecule has 0 aliphatic carbocycles. The van der Waals surface area contributed by atoms with E-state index >= 15 is 0 Å². The molecule has 0 aliphatic heterocycles. The van der Waals surface area contributed by atoms with E-state index in [1.54, 1.807) is 12.1 Å². The predicted octanol–water partition coefficient (Wildman–Crippen LogP) is 4.48. The summed E-state index contributed by atoms with van der Waals surface area (Å²) >= 11 is 3.17. The highest BCUT2D eigenvalue weighted by molar-refractivity contribution is 9.10. The van der Waals surface area contributed by atoms with Crippen LogP contribution >= 0.6 is 15.9 Å². The Labute approximate surface area is 115 Å². The van der Waals surface area contributed by atoms with E-state index in [1.807, 2.05) is 6.07 Å². The van der Waals surface area contributed by atoms with Crippen molar-refractivity contribution in [2.75, 3.05) is 5.32 Å². The maximum atomic E-state index is 13.5. The van der Waals surface area contributed by atoms with Gasteiger partial charge in [0.2, 0.25) is 0 Å². The Morgan fingerprint density at radius 2 is 1.74 bits per heavy atom. The lowest BCUT2D eigenvalue weighted by molar-refractivity contribution is 0.449. The Hall–Kier alpha value is -2.00. The first-order valence-electron chi connectivity index (χ1n) is 5.13. The third-order valence-electron chi connectivity index (χ3n) is 2.43. The smallest absolute Gasteiger partial charge is 0.196 e. The van der Waals surface area contributed by atoms with Crippen LogP contribution in [0.3, 0.4) is 0 Å². The number of nitrogens with zero attached hydrogens (tertiary/aromatic N) is 1. The second-order valence-electron chi connectivity index (χ2n) is 3.62. The molecule has 0 saturated carbocycles. The van der Waals surface area contributed by atoms with E-state index in [-0.39, 0.29) is 11.3 Å². The van der Waals surface area contributed by atoms with E-state index in [0.717, 1.165) is 12.1 Å². The van der Waals surface area contributed by atoms with E-state index in [1.165, 1.54) is 6.07 Å². The van der Waals surface area contributed by atoms with Crippen LogP contribution in [0, 0.1) is 28.8 Å². The summed E-state index contributed by atoms with van der Waals surface area (Å²) in [6, 6.07) is 8.61. The molecule has 2 nitrogen and oxygen atoms in total. The molecular formula is C13H6BrF3N2. The fourth-order valence-electron chi connectivity index (χ4n) is 1.51. The molecule has 0 bridgehead atoms. The molecule has 96 valence electrons. The topological polar surface area (TPSA) is 35.8 Å². The number of hydrogen-bond acceptors (Lipinski definition) is 2. The van der Waals surface area contributed by atoms with Crippen LogP contribution in [0.15, 0.2) is 34.8 Å². The fraction of sp³-hybridized carbons (Fsp3) is 0.